The van der Waals surface area contributed by atoms with Crippen LogP contribution in [0.1, 0.15) is 13.8 Å². The molecule has 88 valence electrons. The summed E-state index contributed by atoms with van der Waals surface area (Å²) in [6, 6.07) is 0. The van der Waals surface area contributed by atoms with E-state index < -0.39 is 5.95 Å². The number of anilines is 3. The number of aromatic nitrogens is 2. The first-order valence-electron chi connectivity index (χ1n) is 4.91. The molecule has 4 N–H and O–H groups in total. The summed E-state index contributed by atoms with van der Waals surface area (Å²) >= 11 is 0. The molecule has 1 aromatic rings. The van der Waals surface area contributed by atoms with Crippen molar-refractivity contribution in [2.45, 2.75) is 13.8 Å². The zero-order valence-corrected chi connectivity index (χ0v) is 9.44. The molecule has 6 heteroatoms. The molecule has 0 aliphatic heterocycles. The van der Waals surface area contributed by atoms with Gasteiger partial charge in [0.05, 0.1) is 0 Å². The first-order valence-corrected chi connectivity index (χ1v) is 4.91. The Bertz CT molecular complexity index is 391. The fourth-order valence-corrected chi connectivity index (χ4v) is 1.28. The van der Waals surface area contributed by atoms with Gasteiger partial charge in [0.25, 0.3) is 0 Å². The quantitative estimate of drug-likeness (QED) is 0.760. The summed E-state index contributed by atoms with van der Waals surface area (Å²) < 4.78 is 13.3. The van der Waals surface area contributed by atoms with Crippen molar-refractivity contribution in [3.05, 3.63) is 18.9 Å². The average molecular weight is 225 g/mol. The summed E-state index contributed by atoms with van der Waals surface area (Å²) in [4.78, 5) is 8.94. The fraction of sp³-hybridized carbons (Fsp3) is 0.400. The Morgan fingerprint density at radius 1 is 1.50 bits per heavy atom. The summed E-state index contributed by atoms with van der Waals surface area (Å²) in [6.45, 7) is 7.59. The zero-order chi connectivity index (χ0) is 12.3. The number of nitrogens with zero attached hydrogens (tertiary/aromatic N) is 3. The monoisotopic (exact) mass is 225 g/mol. The average Bonchev–Trinajstić information content (AvgIpc) is 2.18. The molecule has 0 spiro atoms. The van der Waals surface area contributed by atoms with Crippen LogP contribution < -0.4 is 16.4 Å². The van der Waals surface area contributed by atoms with Crippen molar-refractivity contribution in [2.24, 2.45) is 5.92 Å². The van der Waals surface area contributed by atoms with E-state index in [2.05, 4.69) is 16.5 Å². The molecule has 0 unspecified atom stereocenters. The Hall–Kier alpha value is -1.85. The van der Waals surface area contributed by atoms with Gasteiger partial charge in [-0.15, -0.1) is 0 Å². The number of hydrogen-bond donors (Lipinski definition) is 2. The molecule has 0 bridgehead atoms. The van der Waals surface area contributed by atoms with Crippen LogP contribution in [0.3, 0.4) is 0 Å². The molecule has 0 radical (unpaired) electrons. The predicted octanol–water partition coefficient (Wildman–Crippen LogP) is 1.54. The van der Waals surface area contributed by atoms with E-state index in [0.717, 1.165) is 0 Å². The summed E-state index contributed by atoms with van der Waals surface area (Å²) in [5.41, 5.74) is 11.4. The third-order valence-corrected chi connectivity index (χ3v) is 1.99. The number of nitrogens with two attached hydrogens (primary N) is 2. The number of rotatable bonds is 4. The number of hydrogen-bond acceptors (Lipinski definition) is 5. The molecule has 0 saturated heterocycles. The van der Waals surface area contributed by atoms with Gasteiger partial charge >= 0.3 is 0 Å². The second kappa shape index (κ2) is 4.78. The molecule has 0 fully saturated rings. The lowest BCUT2D eigenvalue weighted by Gasteiger charge is -2.24. The van der Waals surface area contributed by atoms with Crippen LogP contribution in [0.5, 0.6) is 0 Å². The van der Waals surface area contributed by atoms with Crippen molar-refractivity contribution in [1.82, 2.24) is 9.97 Å². The standard InChI is InChI=1S/C10H16FN5/c1-6(2)4-16(7(3)11)10-8(12)9(13)14-5-15-10/h5-6H,3-4,12H2,1-2H3,(H2,13,14,15). The van der Waals surface area contributed by atoms with Gasteiger partial charge in [0, 0.05) is 6.54 Å². The minimum Gasteiger partial charge on any atom is -0.393 e. The van der Waals surface area contributed by atoms with Crippen molar-refractivity contribution in [3.8, 4) is 0 Å². The summed E-state index contributed by atoms with van der Waals surface area (Å²) in [7, 11) is 0. The second-order valence-electron chi connectivity index (χ2n) is 3.88. The van der Waals surface area contributed by atoms with E-state index in [-0.39, 0.29) is 23.2 Å². The van der Waals surface area contributed by atoms with E-state index >= 15 is 0 Å². The van der Waals surface area contributed by atoms with Gasteiger partial charge < -0.3 is 16.4 Å². The van der Waals surface area contributed by atoms with Gasteiger partial charge in [0.15, 0.2) is 17.6 Å². The maximum Gasteiger partial charge on any atom is 0.188 e. The SMILES string of the molecule is C=C(F)N(CC(C)C)c1ncnc(N)c1N. The highest BCUT2D eigenvalue weighted by molar-refractivity contribution is 5.74. The largest absolute Gasteiger partial charge is 0.393 e. The molecule has 16 heavy (non-hydrogen) atoms. The van der Waals surface area contributed by atoms with Crippen LogP contribution in [0.2, 0.25) is 0 Å². The van der Waals surface area contributed by atoms with Gasteiger partial charge in [-0.1, -0.05) is 13.8 Å². The second-order valence-corrected chi connectivity index (χ2v) is 3.88. The van der Waals surface area contributed by atoms with Crippen LogP contribution in [0.4, 0.5) is 21.7 Å². The molecule has 1 rings (SSSR count). The lowest BCUT2D eigenvalue weighted by molar-refractivity contribution is 0.544. The highest BCUT2D eigenvalue weighted by Crippen LogP contribution is 2.27. The van der Waals surface area contributed by atoms with Crippen LogP contribution in [0.15, 0.2) is 18.9 Å². The Kier molecular flexibility index (Phi) is 3.65. The molecule has 1 aromatic heterocycles. The van der Waals surface area contributed by atoms with Crippen molar-refractivity contribution in [2.75, 3.05) is 22.9 Å². The molecule has 0 atom stereocenters. The number of nitrogen functional groups attached to an aromatic ring is 2. The lowest BCUT2D eigenvalue weighted by atomic mass is 10.2. The van der Waals surface area contributed by atoms with Gasteiger partial charge in [-0.25, -0.2) is 9.97 Å². The summed E-state index contributed by atoms with van der Waals surface area (Å²) in [5.74, 6) is 0.0234. The minimum absolute atomic E-state index is 0.139. The Morgan fingerprint density at radius 3 is 2.62 bits per heavy atom. The van der Waals surface area contributed by atoms with Crippen molar-refractivity contribution in [3.63, 3.8) is 0 Å². The van der Waals surface area contributed by atoms with E-state index in [1.807, 2.05) is 13.8 Å². The highest BCUT2D eigenvalue weighted by atomic mass is 19.1. The summed E-state index contributed by atoms with van der Waals surface area (Å²) in [5, 5.41) is 0. The van der Waals surface area contributed by atoms with Crippen molar-refractivity contribution >= 4 is 17.3 Å². The van der Waals surface area contributed by atoms with Gasteiger partial charge in [-0.2, -0.15) is 4.39 Å². The highest BCUT2D eigenvalue weighted by Gasteiger charge is 2.17. The molecular formula is C10H16FN5. The fourth-order valence-electron chi connectivity index (χ4n) is 1.28. The molecule has 0 aliphatic carbocycles. The van der Waals surface area contributed by atoms with Crippen molar-refractivity contribution in [1.29, 1.82) is 0 Å². The topological polar surface area (TPSA) is 81.1 Å². The predicted molar refractivity (Wildman–Crippen MR) is 63.3 cm³/mol. The lowest BCUT2D eigenvalue weighted by Crippen LogP contribution is -2.27. The molecule has 0 amide bonds. The van der Waals surface area contributed by atoms with E-state index in [1.54, 1.807) is 0 Å². The molecule has 0 aliphatic rings. The first kappa shape index (κ1) is 12.2. The van der Waals surface area contributed by atoms with E-state index in [9.17, 15) is 4.39 Å². The first-order chi connectivity index (χ1) is 7.43. The summed E-state index contributed by atoms with van der Waals surface area (Å²) in [6.07, 6.45) is 1.25. The van der Waals surface area contributed by atoms with Crippen LogP contribution >= 0.6 is 0 Å². The maximum atomic E-state index is 13.3. The van der Waals surface area contributed by atoms with Gasteiger partial charge in [0.1, 0.15) is 12.0 Å². The number of halogens is 1. The van der Waals surface area contributed by atoms with Crippen LogP contribution in [-0.2, 0) is 0 Å². The molecule has 0 aromatic carbocycles. The Labute approximate surface area is 94.0 Å². The Balaban J connectivity index is 3.11. The van der Waals surface area contributed by atoms with Gasteiger partial charge in [-0.3, -0.25) is 0 Å². The van der Waals surface area contributed by atoms with Crippen LogP contribution in [0.25, 0.3) is 0 Å². The third kappa shape index (κ3) is 2.59. The Morgan fingerprint density at radius 2 is 2.12 bits per heavy atom. The van der Waals surface area contributed by atoms with E-state index in [4.69, 9.17) is 11.5 Å². The van der Waals surface area contributed by atoms with E-state index in [1.165, 1.54) is 11.2 Å². The van der Waals surface area contributed by atoms with Crippen LogP contribution in [-0.4, -0.2) is 16.5 Å². The normalized spacial score (nSPS) is 10.5. The third-order valence-electron chi connectivity index (χ3n) is 1.99. The van der Waals surface area contributed by atoms with Gasteiger partial charge in [-0.05, 0) is 12.5 Å². The van der Waals surface area contributed by atoms with Gasteiger partial charge in [0.2, 0.25) is 0 Å². The molecular weight excluding hydrogens is 209 g/mol. The van der Waals surface area contributed by atoms with Crippen molar-refractivity contribution < 1.29 is 4.39 Å². The molecule has 0 saturated carbocycles. The smallest absolute Gasteiger partial charge is 0.188 e. The zero-order valence-electron chi connectivity index (χ0n) is 9.44. The molecule has 1 heterocycles. The van der Waals surface area contributed by atoms with Crippen LogP contribution in [0, 0.1) is 5.92 Å². The minimum atomic E-state index is -0.612. The maximum absolute atomic E-state index is 13.3. The van der Waals surface area contributed by atoms with E-state index in [0.29, 0.717) is 6.54 Å². The molecule has 5 nitrogen and oxygen atoms in total.